The Morgan fingerprint density at radius 2 is 1.96 bits per heavy atom. The Morgan fingerprint density at radius 1 is 1.33 bits per heavy atom. The second-order valence-corrected chi connectivity index (χ2v) is 7.49. The zero-order valence-corrected chi connectivity index (χ0v) is 14.5. The number of nitrogens with one attached hydrogen (secondary N) is 1. The summed E-state index contributed by atoms with van der Waals surface area (Å²) < 4.78 is 62.9. The van der Waals surface area contributed by atoms with E-state index in [1.807, 2.05) is 0 Å². The third-order valence-electron chi connectivity index (χ3n) is 3.33. The summed E-state index contributed by atoms with van der Waals surface area (Å²) in [5.41, 5.74) is 1.16. The van der Waals surface area contributed by atoms with E-state index in [0.717, 1.165) is 4.68 Å². The first-order valence-electron chi connectivity index (χ1n) is 6.79. The van der Waals surface area contributed by atoms with E-state index in [2.05, 4.69) is 15.4 Å². The van der Waals surface area contributed by atoms with Crippen molar-refractivity contribution in [1.82, 2.24) is 14.8 Å². The Morgan fingerprint density at radius 3 is 2.42 bits per heavy atom. The minimum absolute atomic E-state index is 0.162. The fourth-order valence-electron chi connectivity index (χ4n) is 2.24. The van der Waals surface area contributed by atoms with Gasteiger partial charge < -0.3 is 5.32 Å². The molecule has 0 saturated carbocycles. The molecule has 1 N–H and O–H groups in total. The third-order valence-corrected chi connectivity index (χ3v) is 4.80. The van der Waals surface area contributed by atoms with Gasteiger partial charge >= 0.3 is 6.18 Å². The number of nitrogens with zero attached hydrogens (tertiary/aromatic N) is 3. The largest absolute Gasteiger partial charge is 0.453 e. The highest BCUT2D eigenvalue weighted by molar-refractivity contribution is 8.13. The Kier molecular flexibility index (Phi) is 4.82. The number of hydrogen-bond acceptors (Lipinski definition) is 5. The van der Waals surface area contributed by atoms with Crippen molar-refractivity contribution in [2.75, 3.05) is 12.4 Å². The summed E-state index contributed by atoms with van der Waals surface area (Å²) in [6, 6.07) is 2.76. The van der Waals surface area contributed by atoms with E-state index < -0.39 is 21.1 Å². The second kappa shape index (κ2) is 6.25. The van der Waals surface area contributed by atoms with E-state index in [1.165, 1.54) is 13.1 Å². The van der Waals surface area contributed by atoms with Crippen LogP contribution in [0.4, 0.5) is 19.1 Å². The molecule has 6 nitrogen and oxygen atoms in total. The number of halogens is 4. The van der Waals surface area contributed by atoms with Crippen LogP contribution in [0.3, 0.4) is 0 Å². The van der Waals surface area contributed by atoms with Gasteiger partial charge in [0.2, 0.25) is 5.95 Å². The summed E-state index contributed by atoms with van der Waals surface area (Å²) in [5, 5.41) is 5.98. The van der Waals surface area contributed by atoms with Crippen LogP contribution in [-0.4, -0.2) is 30.2 Å². The van der Waals surface area contributed by atoms with Gasteiger partial charge in [0.1, 0.15) is 0 Å². The standard InChI is InChI=1S/C13H14ClF3N4O2S/c1-4-8-5-7(2)10(24(14,22)23)6-9(8)21-12(18-3)19-11(20-21)13(15,16)17/h5-6H,4H2,1-3H3,(H,18,19,20). The fourth-order valence-corrected chi connectivity index (χ4v) is 3.44. The van der Waals surface area contributed by atoms with Gasteiger partial charge in [0, 0.05) is 17.7 Å². The number of rotatable bonds is 4. The summed E-state index contributed by atoms with van der Waals surface area (Å²) in [5.74, 6) is -1.50. The first-order chi connectivity index (χ1) is 11.0. The predicted octanol–water partition coefficient (Wildman–Crippen LogP) is 3.13. The molecule has 0 spiro atoms. The second-order valence-electron chi connectivity index (χ2n) is 4.96. The Bertz CT molecular complexity index is 878. The van der Waals surface area contributed by atoms with Crippen LogP contribution >= 0.6 is 10.7 Å². The molecule has 132 valence electrons. The minimum Gasteiger partial charge on any atom is -0.357 e. The summed E-state index contributed by atoms with van der Waals surface area (Å²) in [6.45, 7) is 3.34. The van der Waals surface area contributed by atoms with E-state index in [4.69, 9.17) is 10.7 Å². The zero-order valence-electron chi connectivity index (χ0n) is 12.9. The topological polar surface area (TPSA) is 76.9 Å². The molecular weight excluding hydrogens is 369 g/mol. The normalized spacial score (nSPS) is 12.5. The molecule has 0 fully saturated rings. The fraction of sp³-hybridized carbons (Fsp3) is 0.385. The van der Waals surface area contributed by atoms with Crippen LogP contribution in [0.25, 0.3) is 5.69 Å². The molecule has 1 aromatic carbocycles. The molecule has 0 bridgehead atoms. The number of alkyl halides is 3. The Labute approximate surface area is 141 Å². The molecule has 24 heavy (non-hydrogen) atoms. The van der Waals surface area contributed by atoms with E-state index in [-0.39, 0.29) is 16.5 Å². The van der Waals surface area contributed by atoms with Crippen molar-refractivity contribution in [3.05, 3.63) is 29.1 Å². The van der Waals surface area contributed by atoms with Crippen molar-refractivity contribution < 1.29 is 21.6 Å². The molecule has 2 aromatic rings. The number of aryl methyl sites for hydroxylation is 2. The van der Waals surface area contributed by atoms with E-state index in [9.17, 15) is 21.6 Å². The highest BCUT2D eigenvalue weighted by Crippen LogP contribution is 2.31. The summed E-state index contributed by atoms with van der Waals surface area (Å²) in [6.07, 6.45) is -4.28. The van der Waals surface area contributed by atoms with Crippen LogP contribution in [0.1, 0.15) is 23.9 Å². The molecule has 0 aliphatic heterocycles. The van der Waals surface area contributed by atoms with Gasteiger partial charge in [-0.25, -0.2) is 8.42 Å². The molecule has 0 unspecified atom stereocenters. The molecule has 11 heteroatoms. The summed E-state index contributed by atoms with van der Waals surface area (Å²) in [4.78, 5) is 3.21. The smallest absolute Gasteiger partial charge is 0.357 e. The van der Waals surface area contributed by atoms with Gasteiger partial charge in [0.25, 0.3) is 14.9 Å². The molecule has 0 atom stereocenters. The average molecular weight is 383 g/mol. The van der Waals surface area contributed by atoms with Gasteiger partial charge in [-0.15, -0.1) is 5.10 Å². The molecule has 0 amide bonds. The number of benzene rings is 1. The lowest BCUT2D eigenvalue weighted by atomic mass is 10.1. The van der Waals surface area contributed by atoms with Crippen LogP contribution in [-0.2, 0) is 21.6 Å². The first kappa shape index (κ1) is 18.5. The van der Waals surface area contributed by atoms with Gasteiger partial charge in [0.15, 0.2) is 0 Å². The van der Waals surface area contributed by atoms with Gasteiger partial charge in [-0.1, -0.05) is 13.0 Å². The molecule has 0 saturated heterocycles. The zero-order chi connectivity index (χ0) is 18.3. The monoisotopic (exact) mass is 382 g/mol. The Balaban J connectivity index is 2.79. The van der Waals surface area contributed by atoms with E-state index in [0.29, 0.717) is 17.5 Å². The van der Waals surface area contributed by atoms with Crippen molar-refractivity contribution in [3.63, 3.8) is 0 Å². The van der Waals surface area contributed by atoms with Crippen LogP contribution in [0.15, 0.2) is 17.0 Å². The van der Waals surface area contributed by atoms with E-state index >= 15 is 0 Å². The molecule has 0 aliphatic carbocycles. The lowest BCUT2D eigenvalue weighted by Crippen LogP contribution is -2.10. The SMILES string of the molecule is CCc1cc(C)c(S(=O)(=O)Cl)cc1-n1nc(C(F)(F)F)nc1NC. The lowest BCUT2D eigenvalue weighted by molar-refractivity contribution is -0.144. The molecular formula is C13H14ClF3N4O2S. The van der Waals surface area contributed by atoms with Crippen molar-refractivity contribution in [2.45, 2.75) is 31.3 Å². The van der Waals surface area contributed by atoms with Crippen LogP contribution in [0.5, 0.6) is 0 Å². The van der Waals surface area contributed by atoms with Gasteiger partial charge in [-0.3, -0.25) is 0 Å². The maximum absolute atomic E-state index is 12.9. The summed E-state index contributed by atoms with van der Waals surface area (Å²) in [7, 11) is 2.73. The van der Waals surface area contributed by atoms with Gasteiger partial charge in [-0.05, 0) is 30.5 Å². The summed E-state index contributed by atoms with van der Waals surface area (Å²) >= 11 is 0. The van der Waals surface area contributed by atoms with Gasteiger partial charge in [-0.2, -0.15) is 22.8 Å². The lowest BCUT2D eigenvalue weighted by Gasteiger charge is -2.13. The quantitative estimate of drug-likeness (QED) is 0.822. The maximum atomic E-state index is 12.9. The molecule has 1 aromatic heterocycles. The van der Waals surface area contributed by atoms with Gasteiger partial charge in [0.05, 0.1) is 10.6 Å². The van der Waals surface area contributed by atoms with Crippen molar-refractivity contribution in [3.8, 4) is 5.69 Å². The Hall–Kier alpha value is -1.81. The first-order valence-corrected chi connectivity index (χ1v) is 9.10. The number of anilines is 1. The molecule has 1 heterocycles. The van der Waals surface area contributed by atoms with Crippen molar-refractivity contribution in [1.29, 1.82) is 0 Å². The highest BCUT2D eigenvalue weighted by atomic mass is 35.7. The number of aromatic nitrogens is 3. The average Bonchev–Trinajstić information content (AvgIpc) is 2.89. The predicted molar refractivity (Wildman–Crippen MR) is 83.1 cm³/mol. The third kappa shape index (κ3) is 3.48. The maximum Gasteiger partial charge on any atom is 0.453 e. The number of hydrogen-bond donors (Lipinski definition) is 1. The highest BCUT2D eigenvalue weighted by Gasteiger charge is 2.37. The molecule has 0 radical (unpaired) electrons. The van der Waals surface area contributed by atoms with Crippen LogP contribution in [0.2, 0.25) is 0 Å². The minimum atomic E-state index is -4.73. The molecule has 0 aliphatic rings. The van der Waals surface area contributed by atoms with Crippen LogP contribution in [0, 0.1) is 6.92 Å². The van der Waals surface area contributed by atoms with Crippen molar-refractivity contribution >= 4 is 25.7 Å². The molecule has 2 rings (SSSR count). The van der Waals surface area contributed by atoms with E-state index in [1.54, 1.807) is 19.9 Å². The van der Waals surface area contributed by atoms with Crippen LogP contribution < -0.4 is 5.32 Å². The van der Waals surface area contributed by atoms with Crippen molar-refractivity contribution in [2.24, 2.45) is 0 Å².